The minimum Gasteiger partial charge on any atom is -0.505 e. The fourth-order valence-corrected chi connectivity index (χ4v) is 1.61. The number of phenols is 1. The SMILES string of the molecule is COC(=O)C(C(C)=O)c1c([N+](=O)[O-])ccc(O)c1F. The minimum absolute atomic E-state index is 0.769. The standard InChI is InChI=1S/C11H10FNO6/c1-5(14)8(11(16)19-2)9-6(13(17)18)3-4-7(15)10(9)12/h3-4,8,15H,1-2H3. The summed E-state index contributed by atoms with van der Waals surface area (Å²) in [6, 6.07) is 1.58. The van der Waals surface area contributed by atoms with E-state index in [0.29, 0.717) is 0 Å². The molecule has 8 heteroatoms. The Morgan fingerprint density at radius 1 is 1.47 bits per heavy atom. The Bertz CT molecular complexity index is 556. The lowest BCUT2D eigenvalue weighted by molar-refractivity contribution is -0.385. The van der Waals surface area contributed by atoms with Gasteiger partial charge in [0.05, 0.1) is 17.6 Å². The topological polar surface area (TPSA) is 107 Å². The van der Waals surface area contributed by atoms with Crippen molar-refractivity contribution >= 4 is 17.4 Å². The number of benzene rings is 1. The molecular weight excluding hydrogens is 261 g/mol. The van der Waals surface area contributed by atoms with Gasteiger partial charge < -0.3 is 9.84 Å². The van der Waals surface area contributed by atoms with E-state index in [1.165, 1.54) is 0 Å². The fourth-order valence-electron chi connectivity index (χ4n) is 1.61. The van der Waals surface area contributed by atoms with Crippen LogP contribution in [0.2, 0.25) is 0 Å². The lowest BCUT2D eigenvalue weighted by atomic mass is 9.93. The molecule has 1 aromatic rings. The summed E-state index contributed by atoms with van der Waals surface area (Å²) < 4.78 is 18.1. The first-order chi connectivity index (χ1) is 8.81. The normalized spacial score (nSPS) is 11.7. The molecule has 0 saturated carbocycles. The Kier molecular flexibility index (Phi) is 4.15. The molecule has 1 aromatic carbocycles. The molecule has 0 radical (unpaired) electrons. The molecule has 0 aliphatic heterocycles. The molecular formula is C11H10FNO6. The number of nitrogens with zero attached hydrogens (tertiary/aromatic N) is 1. The number of phenolic OH excluding ortho intramolecular Hbond substituents is 1. The second-order valence-corrected chi connectivity index (χ2v) is 3.66. The highest BCUT2D eigenvalue weighted by Crippen LogP contribution is 2.35. The van der Waals surface area contributed by atoms with E-state index in [0.717, 1.165) is 26.2 Å². The van der Waals surface area contributed by atoms with Crippen molar-refractivity contribution in [3.63, 3.8) is 0 Å². The molecule has 1 atom stereocenters. The maximum absolute atomic E-state index is 13.8. The van der Waals surface area contributed by atoms with Crippen LogP contribution in [0.15, 0.2) is 12.1 Å². The van der Waals surface area contributed by atoms with Crippen LogP contribution in [-0.4, -0.2) is 28.9 Å². The predicted octanol–water partition coefficient (Wildman–Crippen LogP) is 1.29. The van der Waals surface area contributed by atoms with Crippen molar-refractivity contribution < 1.29 is 28.7 Å². The van der Waals surface area contributed by atoms with E-state index in [4.69, 9.17) is 0 Å². The summed E-state index contributed by atoms with van der Waals surface area (Å²) in [7, 11) is 0.963. The largest absolute Gasteiger partial charge is 0.505 e. The van der Waals surface area contributed by atoms with Gasteiger partial charge in [0, 0.05) is 6.07 Å². The highest BCUT2D eigenvalue weighted by molar-refractivity contribution is 6.04. The highest BCUT2D eigenvalue weighted by atomic mass is 19.1. The lowest BCUT2D eigenvalue weighted by Gasteiger charge is -2.13. The molecule has 102 valence electrons. The van der Waals surface area contributed by atoms with Gasteiger partial charge in [-0.05, 0) is 13.0 Å². The third-order valence-corrected chi connectivity index (χ3v) is 2.47. The zero-order chi connectivity index (χ0) is 14.7. The van der Waals surface area contributed by atoms with Gasteiger partial charge in [-0.2, -0.15) is 0 Å². The number of Topliss-reactive ketones (excluding diaryl/α,β-unsaturated/α-hetero) is 1. The number of carbonyl (C=O) groups is 2. The number of esters is 1. The number of hydrogen-bond acceptors (Lipinski definition) is 6. The zero-order valence-electron chi connectivity index (χ0n) is 10.0. The van der Waals surface area contributed by atoms with Crippen molar-refractivity contribution in [3.8, 4) is 5.75 Å². The molecule has 0 amide bonds. The van der Waals surface area contributed by atoms with Crippen molar-refractivity contribution in [2.45, 2.75) is 12.8 Å². The van der Waals surface area contributed by atoms with Crippen LogP contribution < -0.4 is 0 Å². The summed E-state index contributed by atoms with van der Waals surface area (Å²) in [5.41, 5.74) is -1.58. The van der Waals surface area contributed by atoms with Crippen molar-refractivity contribution in [1.82, 2.24) is 0 Å². The molecule has 0 bridgehead atoms. The smallest absolute Gasteiger partial charge is 0.321 e. The first-order valence-electron chi connectivity index (χ1n) is 5.05. The third-order valence-electron chi connectivity index (χ3n) is 2.47. The van der Waals surface area contributed by atoms with Crippen LogP contribution >= 0.6 is 0 Å². The molecule has 1 unspecified atom stereocenters. The Balaban J connectivity index is 3.61. The average Bonchev–Trinajstić information content (AvgIpc) is 2.33. The van der Waals surface area contributed by atoms with Crippen LogP contribution in [0.3, 0.4) is 0 Å². The van der Waals surface area contributed by atoms with Gasteiger partial charge in [-0.25, -0.2) is 4.39 Å². The molecule has 0 fully saturated rings. The van der Waals surface area contributed by atoms with Gasteiger partial charge in [-0.15, -0.1) is 0 Å². The average molecular weight is 271 g/mol. The predicted molar refractivity (Wildman–Crippen MR) is 60.2 cm³/mol. The Morgan fingerprint density at radius 3 is 2.47 bits per heavy atom. The van der Waals surface area contributed by atoms with Crippen LogP contribution in [0.5, 0.6) is 5.75 Å². The van der Waals surface area contributed by atoms with E-state index in [1.54, 1.807) is 0 Å². The second-order valence-electron chi connectivity index (χ2n) is 3.66. The number of halogens is 1. The van der Waals surface area contributed by atoms with Gasteiger partial charge >= 0.3 is 5.97 Å². The molecule has 0 heterocycles. The number of nitro benzene ring substituents is 1. The fraction of sp³-hybridized carbons (Fsp3) is 0.273. The van der Waals surface area contributed by atoms with E-state index in [-0.39, 0.29) is 0 Å². The molecule has 1 N–H and O–H groups in total. The third kappa shape index (κ3) is 2.67. The number of methoxy groups -OCH3 is 1. The molecule has 7 nitrogen and oxygen atoms in total. The van der Waals surface area contributed by atoms with Crippen molar-refractivity contribution in [1.29, 1.82) is 0 Å². The Hall–Kier alpha value is -2.51. The van der Waals surface area contributed by atoms with E-state index in [1.807, 2.05) is 0 Å². The molecule has 19 heavy (non-hydrogen) atoms. The van der Waals surface area contributed by atoms with Crippen LogP contribution in [0, 0.1) is 15.9 Å². The summed E-state index contributed by atoms with van der Waals surface area (Å²) in [5.74, 6) is -6.05. The van der Waals surface area contributed by atoms with Crippen molar-refractivity contribution in [3.05, 3.63) is 33.6 Å². The summed E-state index contributed by atoms with van der Waals surface area (Å²) in [5, 5.41) is 20.0. The maximum atomic E-state index is 13.8. The van der Waals surface area contributed by atoms with Gasteiger partial charge in [-0.1, -0.05) is 0 Å². The zero-order valence-corrected chi connectivity index (χ0v) is 10.0. The second kappa shape index (κ2) is 5.42. The van der Waals surface area contributed by atoms with Gasteiger partial charge in [0.2, 0.25) is 0 Å². The Labute approximate surface area is 106 Å². The maximum Gasteiger partial charge on any atom is 0.321 e. The van der Waals surface area contributed by atoms with E-state index < -0.39 is 45.4 Å². The number of carbonyl (C=O) groups excluding carboxylic acids is 2. The molecule has 0 aliphatic rings. The lowest BCUT2D eigenvalue weighted by Crippen LogP contribution is -2.23. The van der Waals surface area contributed by atoms with Gasteiger partial charge in [-0.3, -0.25) is 19.7 Å². The summed E-state index contributed by atoms with van der Waals surface area (Å²) in [6.45, 7) is 0.967. The van der Waals surface area contributed by atoms with Crippen LogP contribution in [0.1, 0.15) is 18.4 Å². The molecule has 0 aromatic heterocycles. The van der Waals surface area contributed by atoms with E-state index in [9.17, 15) is 29.2 Å². The number of ether oxygens (including phenoxy) is 1. The van der Waals surface area contributed by atoms with Crippen LogP contribution in [0.25, 0.3) is 0 Å². The summed E-state index contributed by atoms with van der Waals surface area (Å²) in [6.07, 6.45) is 0. The minimum atomic E-state index is -1.79. The first-order valence-corrected chi connectivity index (χ1v) is 5.05. The Morgan fingerprint density at radius 2 is 2.05 bits per heavy atom. The monoisotopic (exact) mass is 271 g/mol. The summed E-state index contributed by atoms with van der Waals surface area (Å²) >= 11 is 0. The molecule has 0 spiro atoms. The quantitative estimate of drug-likeness (QED) is 0.382. The van der Waals surface area contributed by atoms with Crippen molar-refractivity contribution in [2.24, 2.45) is 0 Å². The van der Waals surface area contributed by atoms with E-state index in [2.05, 4.69) is 4.74 Å². The molecule has 0 aliphatic carbocycles. The highest BCUT2D eigenvalue weighted by Gasteiger charge is 2.36. The van der Waals surface area contributed by atoms with Gasteiger partial charge in [0.1, 0.15) is 11.7 Å². The molecule has 1 rings (SSSR count). The van der Waals surface area contributed by atoms with Gasteiger partial charge in [0.15, 0.2) is 11.6 Å². The number of hydrogen-bond donors (Lipinski definition) is 1. The number of rotatable bonds is 4. The van der Waals surface area contributed by atoms with Crippen molar-refractivity contribution in [2.75, 3.05) is 7.11 Å². The number of aromatic hydroxyl groups is 1. The molecule has 0 saturated heterocycles. The summed E-state index contributed by atoms with van der Waals surface area (Å²) in [4.78, 5) is 32.8. The van der Waals surface area contributed by atoms with E-state index >= 15 is 0 Å². The van der Waals surface area contributed by atoms with Gasteiger partial charge in [0.25, 0.3) is 5.69 Å². The van der Waals surface area contributed by atoms with Crippen LogP contribution in [-0.2, 0) is 14.3 Å². The number of nitro groups is 1. The van der Waals surface area contributed by atoms with Crippen LogP contribution in [0.4, 0.5) is 10.1 Å². The first kappa shape index (κ1) is 14.6. The number of ketones is 1.